The Kier molecular flexibility index (Phi) is 3.83. The maximum absolute atomic E-state index is 5.77. The van der Waals surface area contributed by atoms with Crippen molar-refractivity contribution in [3.63, 3.8) is 0 Å². The second kappa shape index (κ2) is 5.93. The van der Waals surface area contributed by atoms with Crippen LogP contribution in [-0.2, 0) is 4.74 Å². The van der Waals surface area contributed by atoms with Crippen LogP contribution in [0, 0.1) is 0 Å². The van der Waals surface area contributed by atoms with E-state index in [4.69, 9.17) is 4.74 Å². The van der Waals surface area contributed by atoms with Crippen LogP contribution >= 0.6 is 0 Å². The molecule has 0 bridgehead atoms. The minimum atomic E-state index is 0.456. The fourth-order valence-electron chi connectivity index (χ4n) is 2.40. The summed E-state index contributed by atoms with van der Waals surface area (Å²) in [6.07, 6.45) is 5.46. The van der Waals surface area contributed by atoms with Gasteiger partial charge in [-0.1, -0.05) is 25.0 Å². The molecule has 5 heteroatoms. The quantitative estimate of drug-likeness (QED) is 0.834. The van der Waals surface area contributed by atoms with E-state index in [0.29, 0.717) is 18.7 Å². The maximum Gasteiger partial charge on any atom is 0.243 e. The Morgan fingerprint density at radius 1 is 1.11 bits per heavy atom. The average molecular weight is 258 g/mol. The Morgan fingerprint density at radius 3 is 2.74 bits per heavy atom. The van der Waals surface area contributed by atoms with E-state index in [1.807, 2.05) is 24.3 Å². The number of hydrogen-bond acceptors (Lipinski definition) is 5. The lowest BCUT2D eigenvalue weighted by Crippen LogP contribution is -2.16. The van der Waals surface area contributed by atoms with Crippen LogP contribution in [0.5, 0.6) is 0 Å². The number of para-hydroxylation sites is 1. The van der Waals surface area contributed by atoms with Crippen LogP contribution < -0.4 is 5.32 Å². The largest absolute Gasteiger partial charge is 0.376 e. The van der Waals surface area contributed by atoms with Gasteiger partial charge in [-0.2, -0.15) is 0 Å². The number of nitrogens with zero attached hydrogens (tertiary/aromatic N) is 3. The monoisotopic (exact) mass is 258 g/mol. The molecule has 5 nitrogen and oxygen atoms in total. The minimum absolute atomic E-state index is 0.456. The van der Waals surface area contributed by atoms with Gasteiger partial charge in [-0.25, -0.2) is 4.98 Å². The number of aromatic nitrogens is 3. The lowest BCUT2D eigenvalue weighted by Gasteiger charge is -2.11. The lowest BCUT2D eigenvalue weighted by molar-refractivity contribution is 0.0658. The molecule has 2 aromatic rings. The molecular formula is C14H18N4O. The van der Waals surface area contributed by atoms with E-state index in [-0.39, 0.29) is 0 Å². The van der Waals surface area contributed by atoms with Gasteiger partial charge in [-0.05, 0) is 25.0 Å². The molecule has 0 saturated heterocycles. The van der Waals surface area contributed by atoms with Crippen molar-refractivity contribution in [3.8, 4) is 0 Å². The summed E-state index contributed by atoms with van der Waals surface area (Å²) in [7, 11) is 0. The highest BCUT2D eigenvalue weighted by atomic mass is 16.5. The molecule has 0 unspecified atom stereocenters. The standard InChI is InChI=1S/C14H18N4O/c1-2-6-11(5-1)19-10-9-15-14-16-12-7-3-4-8-13(12)17-18-14/h3-4,7-8,11H,1-2,5-6,9-10H2,(H,15,16,18). The van der Waals surface area contributed by atoms with Gasteiger partial charge in [0.1, 0.15) is 5.52 Å². The van der Waals surface area contributed by atoms with Crippen LogP contribution in [0.4, 0.5) is 5.95 Å². The molecule has 100 valence electrons. The second-order valence-corrected chi connectivity index (χ2v) is 4.83. The fourth-order valence-corrected chi connectivity index (χ4v) is 2.40. The highest BCUT2D eigenvalue weighted by molar-refractivity contribution is 5.73. The van der Waals surface area contributed by atoms with Gasteiger partial charge >= 0.3 is 0 Å². The normalized spacial score (nSPS) is 16.0. The Labute approximate surface area is 112 Å². The van der Waals surface area contributed by atoms with Crippen LogP contribution in [0.25, 0.3) is 11.0 Å². The van der Waals surface area contributed by atoms with E-state index in [0.717, 1.165) is 17.6 Å². The molecule has 1 N–H and O–H groups in total. The van der Waals surface area contributed by atoms with Gasteiger partial charge < -0.3 is 10.1 Å². The number of hydrogen-bond donors (Lipinski definition) is 1. The summed E-state index contributed by atoms with van der Waals surface area (Å²) in [5.41, 5.74) is 1.67. The van der Waals surface area contributed by atoms with Gasteiger partial charge in [0, 0.05) is 6.54 Å². The van der Waals surface area contributed by atoms with Crippen molar-refractivity contribution >= 4 is 17.0 Å². The molecule has 19 heavy (non-hydrogen) atoms. The predicted molar refractivity (Wildman–Crippen MR) is 74.0 cm³/mol. The summed E-state index contributed by atoms with van der Waals surface area (Å²) in [4.78, 5) is 4.40. The molecule has 1 aromatic carbocycles. The number of fused-ring (bicyclic) bond motifs is 1. The summed E-state index contributed by atoms with van der Waals surface area (Å²) in [6.45, 7) is 1.41. The van der Waals surface area contributed by atoms with Crippen LogP contribution in [-0.4, -0.2) is 34.4 Å². The van der Waals surface area contributed by atoms with E-state index in [1.54, 1.807) is 0 Å². The van der Waals surface area contributed by atoms with Gasteiger partial charge in [0.05, 0.1) is 18.2 Å². The Bertz CT molecular complexity index is 540. The van der Waals surface area contributed by atoms with Gasteiger partial charge in [-0.15, -0.1) is 10.2 Å². The number of ether oxygens (including phenoxy) is 1. The molecule has 0 aliphatic heterocycles. The molecule has 1 saturated carbocycles. The summed E-state index contributed by atoms with van der Waals surface area (Å²) < 4.78 is 5.77. The minimum Gasteiger partial charge on any atom is -0.376 e. The molecule has 0 atom stereocenters. The third-order valence-corrected chi connectivity index (χ3v) is 3.40. The SMILES string of the molecule is c1ccc2nc(NCCOC3CCCC3)nnc2c1. The zero-order valence-electron chi connectivity index (χ0n) is 10.9. The number of benzene rings is 1. The first-order chi connectivity index (χ1) is 9.42. The summed E-state index contributed by atoms with van der Waals surface area (Å²) in [6, 6.07) is 7.72. The van der Waals surface area contributed by atoms with Crippen LogP contribution in [0.2, 0.25) is 0 Å². The zero-order valence-corrected chi connectivity index (χ0v) is 10.9. The third-order valence-electron chi connectivity index (χ3n) is 3.40. The van der Waals surface area contributed by atoms with E-state index in [9.17, 15) is 0 Å². The smallest absolute Gasteiger partial charge is 0.243 e. The van der Waals surface area contributed by atoms with Crippen molar-refractivity contribution in [2.75, 3.05) is 18.5 Å². The lowest BCUT2D eigenvalue weighted by atomic mass is 10.3. The molecule has 1 aliphatic carbocycles. The topological polar surface area (TPSA) is 59.9 Å². The fraction of sp³-hybridized carbons (Fsp3) is 0.500. The summed E-state index contributed by atoms with van der Waals surface area (Å²) in [5.74, 6) is 0.564. The molecule has 1 aliphatic rings. The van der Waals surface area contributed by atoms with Crippen molar-refractivity contribution in [3.05, 3.63) is 24.3 Å². The summed E-state index contributed by atoms with van der Waals surface area (Å²) >= 11 is 0. The molecule has 0 spiro atoms. The Balaban J connectivity index is 1.50. The van der Waals surface area contributed by atoms with Gasteiger partial charge in [0.25, 0.3) is 0 Å². The Morgan fingerprint density at radius 2 is 1.89 bits per heavy atom. The first-order valence-corrected chi connectivity index (χ1v) is 6.87. The number of rotatable bonds is 5. The zero-order chi connectivity index (χ0) is 12.9. The van der Waals surface area contributed by atoms with E-state index >= 15 is 0 Å². The average Bonchev–Trinajstić information content (AvgIpc) is 2.97. The van der Waals surface area contributed by atoms with Crippen LogP contribution in [0.1, 0.15) is 25.7 Å². The highest BCUT2D eigenvalue weighted by Crippen LogP contribution is 2.20. The Hall–Kier alpha value is -1.75. The highest BCUT2D eigenvalue weighted by Gasteiger charge is 2.14. The second-order valence-electron chi connectivity index (χ2n) is 4.83. The van der Waals surface area contributed by atoms with E-state index in [2.05, 4.69) is 20.5 Å². The van der Waals surface area contributed by atoms with Crippen molar-refractivity contribution in [2.45, 2.75) is 31.8 Å². The molecule has 1 heterocycles. The van der Waals surface area contributed by atoms with Crippen molar-refractivity contribution in [1.82, 2.24) is 15.2 Å². The summed E-state index contributed by atoms with van der Waals surface area (Å²) in [5, 5.41) is 11.3. The predicted octanol–water partition coefficient (Wildman–Crippen LogP) is 2.40. The molecular weight excluding hydrogens is 240 g/mol. The van der Waals surface area contributed by atoms with Crippen LogP contribution in [0.3, 0.4) is 0 Å². The number of nitrogens with one attached hydrogen (secondary N) is 1. The maximum atomic E-state index is 5.77. The van der Waals surface area contributed by atoms with E-state index in [1.165, 1.54) is 25.7 Å². The van der Waals surface area contributed by atoms with Crippen molar-refractivity contribution < 1.29 is 4.74 Å². The van der Waals surface area contributed by atoms with Gasteiger partial charge in [-0.3, -0.25) is 0 Å². The first-order valence-electron chi connectivity index (χ1n) is 6.87. The van der Waals surface area contributed by atoms with E-state index < -0.39 is 0 Å². The van der Waals surface area contributed by atoms with Crippen LogP contribution in [0.15, 0.2) is 24.3 Å². The number of anilines is 1. The molecule has 1 aromatic heterocycles. The van der Waals surface area contributed by atoms with Gasteiger partial charge in [0.15, 0.2) is 0 Å². The van der Waals surface area contributed by atoms with Gasteiger partial charge in [0.2, 0.25) is 5.95 Å². The molecule has 1 fully saturated rings. The first kappa shape index (κ1) is 12.3. The van der Waals surface area contributed by atoms with Crippen molar-refractivity contribution in [2.24, 2.45) is 0 Å². The molecule has 0 amide bonds. The van der Waals surface area contributed by atoms with Crippen molar-refractivity contribution in [1.29, 1.82) is 0 Å². The molecule has 3 rings (SSSR count). The molecule has 0 radical (unpaired) electrons. The third kappa shape index (κ3) is 3.17.